The molecule has 0 bridgehead atoms. The van der Waals surface area contributed by atoms with Crippen molar-refractivity contribution in [3.8, 4) is 5.75 Å². The van der Waals surface area contributed by atoms with Crippen molar-refractivity contribution in [3.05, 3.63) is 65.1 Å². The maximum Gasteiger partial charge on any atom is 0.273 e. The predicted molar refractivity (Wildman–Crippen MR) is 126 cm³/mol. The van der Waals surface area contributed by atoms with E-state index in [0.717, 1.165) is 47.9 Å². The number of halogens is 2. The molecule has 3 atom stereocenters. The van der Waals surface area contributed by atoms with Crippen molar-refractivity contribution >= 4 is 36.4 Å². The largest absolute Gasteiger partial charge is 0.497 e. The number of pyridine rings is 1. The molecule has 2 aliphatic heterocycles. The van der Waals surface area contributed by atoms with Crippen molar-refractivity contribution in [1.29, 1.82) is 0 Å². The van der Waals surface area contributed by atoms with Crippen molar-refractivity contribution in [2.45, 2.75) is 19.9 Å². The molecule has 1 amide bonds. The minimum Gasteiger partial charge on any atom is -0.497 e. The molecule has 8 heteroatoms. The first-order valence-electron chi connectivity index (χ1n) is 10.2. The molecule has 1 aromatic carbocycles. The Morgan fingerprint density at radius 2 is 1.87 bits per heavy atom. The van der Waals surface area contributed by atoms with E-state index in [1.807, 2.05) is 48.7 Å². The van der Waals surface area contributed by atoms with Gasteiger partial charge in [-0.2, -0.15) is 0 Å². The third-order valence-electron chi connectivity index (χ3n) is 6.44. The molecule has 3 aromatic rings. The van der Waals surface area contributed by atoms with E-state index in [9.17, 15) is 4.79 Å². The SMILES string of the molecule is COc1ccc([C@H]2[C@H]3CNC[C@H]3CN2C(=O)c2c(C)nc3cc(C)ccn23)cc1.Cl.Cl. The van der Waals surface area contributed by atoms with Crippen LogP contribution >= 0.6 is 24.8 Å². The zero-order valence-electron chi connectivity index (χ0n) is 17.9. The lowest BCUT2D eigenvalue weighted by Crippen LogP contribution is -2.35. The molecule has 166 valence electrons. The maximum absolute atomic E-state index is 13.8. The first-order chi connectivity index (χ1) is 14.1. The quantitative estimate of drug-likeness (QED) is 0.642. The van der Waals surface area contributed by atoms with Crippen molar-refractivity contribution in [2.24, 2.45) is 11.8 Å². The van der Waals surface area contributed by atoms with Crippen molar-refractivity contribution < 1.29 is 9.53 Å². The molecule has 0 unspecified atom stereocenters. The number of nitrogens with one attached hydrogen (secondary N) is 1. The summed E-state index contributed by atoms with van der Waals surface area (Å²) in [7, 11) is 1.67. The highest BCUT2D eigenvalue weighted by atomic mass is 35.5. The number of carbonyl (C=O) groups excluding carboxylic acids is 1. The lowest BCUT2D eigenvalue weighted by atomic mass is 9.89. The molecule has 2 fully saturated rings. The number of nitrogens with zero attached hydrogens (tertiary/aromatic N) is 3. The topological polar surface area (TPSA) is 58.9 Å². The van der Waals surface area contributed by atoms with Gasteiger partial charge in [0, 0.05) is 31.7 Å². The van der Waals surface area contributed by atoms with Crippen molar-refractivity contribution in [3.63, 3.8) is 0 Å². The molecule has 4 heterocycles. The van der Waals surface area contributed by atoms with E-state index in [1.165, 1.54) is 0 Å². The fraction of sp³-hybridized carbons (Fsp3) is 0.391. The Kier molecular flexibility index (Phi) is 6.84. The van der Waals surface area contributed by atoms with Gasteiger partial charge in [0.15, 0.2) is 0 Å². The van der Waals surface area contributed by atoms with E-state index in [-0.39, 0.29) is 36.8 Å². The average Bonchev–Trinajstić information content (AvgIpc) is 3.39. The van der Waals surface area contributed by atoms with Crippen LogP contribution in [-0.4, -0.2) is 46.9 Å². The fourth-order valence-corrected chi connectivity index (χ4v) is 5.02. The molecule has 5 rings (SSSR count). The number of hydrogen-bond acceptors (Lipinski definition) is 4. The van der Waals surface area contributed by atoms with Crippen LogP contribution in [0.3, 0.4) is 0 Å². The van der Waals surface area contributed by atoms with Crippen molar-refractivity contribution in [2.75, 3.05) is 26.7 Å². The summed E-state index contributed by atoms with van der Waals surface area (Å²) in [5.41, 5.74) is 4.58. The van der Waals surface area contributed by atoms with Gasteiger partial charge >= 0.3 is 0 Å². The second kappa shape index (κ2) is 9.07. The first-order valence-corrected chi connectivity index (χ1v) is 10.2. The van der Waals surface area contributed by atoms with Gasteiger partial charge in [-0.15, -0.1) is 24.8 Å². The van der Waals surface area contributed by atoms with E-state index in [0.29, 0.717) is 17.5 Å². The molecule has 1 N–H and O–H groups in total. The van der Waals surface area contributed by atoms with Gasteiger partial charge in [0.05, 0.1) is 18.8 Å². The standard InChI is InChI=1S/C23H26N4O2.2ClH/c1-14-8-9-26-20(10-14)25-15(2)21(26)23(28)27-13-17-11-24-12-19(17)22(27)16-4-6-18(29-3)7-5-16;;/h4-10,17,19,22,24H,11-13H2,1-3H3;2*1H/t17-,19-,22-;;/m0../s1. The maximum atomic E-state index is 13.8. The smallest absolute Gasteiger partial charge is 0.273 e. The second-order valence-corrected chi connectivity index (χ2v) is 8.24. The van der Waals surface area contributed by atoms with Gasteiger partial charge in [0.2, 0.25) is 0 Å². The molecule has 2 aliphatic rings. The monoisotopic (exact) mass is 462 g/mol. The second-order valence-electron chi connectivity index (χ2n) is 8.24. The van der Waals surface area contributed by atoms with Gasteiger partial charge in [-0.3, -0.25) is 9.20 Å². The Morgan fingerprint density at radius 3 is 2.58 bits per heavy atom. The zero-order valence-corrected chi connectivity index (χ0v) is 19.5. The summed E-state index contributed by atoms with van der Waals surface area (Å²) in [6.07, 6.45) is 1.96. The zero-order chi connectivity index (χ0) is 20.1. The number of benzene rings is 1. The number of aryl methyl sites for hydroxylation is 2. The average molecular weight is 463 g/mol. The number of aromatic nitrogens is 2. The number of methoxy groups -OCH3 is 1. The van der Waals surface area contributed by atoms with Gasteiger partial charge in [-0.05, 0) is 55.2 Å². The van der Waals surface area contributed by atoms with Crippen LogP contribution in [0.1, 0.15) is 33.4 Å². The Labute approximate surface area is 194 Å². The molecular weight excluding hydrogens is 435 g/mol. The number of rotatable bonds is 3. The van der Waals surface area contributed by atoms with Crippen LogP contribution in [0.25, 0.3) is 5.65 Å². The number of fused-ring (bicyclic) bond motifs is 2. The molecule has 0 radical (unpaired) electrons. The molecule has 0 saturated carbocycles. The van der Waals surface area contributed by atoms with Gasteiger partial charge in [-0.25, -0.2) is 4.98 Å². The van der Waals surface area contributed by atoms with Crippen LogP contribution in [0.4, 0.5) is 0 Å². The molecule has 0 aliphatic carbocycles. The number of imidazole rings is 1. The number of hydrogen-bond donors (Lipinski definition) is 1. The van der Waals surface area contributed by atoms with E-state index >= 15 is 0 Å². The Morgan fingerprint density at radius 1 is 1.13 bits per heavy atom. The summed E-state index contributed by atoms with van der Waals surface area (Å²) in [5.74, 6) is 1.80. The highest BCUT2D eigenvalue weighted by Crippen LogP contribution is 2.43. The van der Waals surface area contributed by atoms with Crippen LogP contribution in [0.15, 0.2) is 42.6 Å². The van der Waals surface area contributed by atoms with Crippen molar-refractivity contribution in [1.82, 2.24) is 19.6 Å². The van der Waals surface area contributed by atoms with Gasteiger partial charge in [-0.1, -0.05) is 12.1 Å². The highest BCUT2D eigenvalue weighted by molar-refractivity contribution is 5.95. The molecule has 0 spiro atoms. The van der Waals surface area contributed by atoms with E-state index in [1.54, 1.807) is 7.11 Å². The molecule has 6 nitrogen and oxygen atoms in total. The van der Waals surface area contributed by atoms with Crippen LogP contribution < -0.4 is 10.1 Å². The van der Waals surface area contributed by atoms with Gasteiger partial charge in [0.1, 0.15) is 17.1 Å². The minimum absolute atomic E-state index is 0. The molecule has 31 heavy (non-hydrogen) atoms. The summed E-state index contributed by atoms with van der Waals surface area (Å²) in [6.45, 7) is 6.64. The van der Waals surface area contributed by atoms with E-state index < -0.39 is 0 Å². The minimum atomic E-state index is 0. The summed E-state index contributed by atoms with van der Waals surface area (Å²) >= 11 is 0. The summed E-state index contributed by atoms with van der Waals surface area (Å²) in [4.78, 5) is 20.5. The summed E-state index contributed by atoms with van der Waals surface area (Å²) in [6, 6.07) is 12.3. The van der Waals surface area contributed by atoms with Crippen LogP contribution in [0.2, 0.25) is 0 Å². The fourth-order valence-electron chi connectivity index (χ4n) is 5.02. The van der Waals surface area contributed by atoms with Crippen LogP contribution in [0, 0.1) is 25.7 Å². The number of carbonyl (C=O) groups is 1. The highest BCUT2D eigenvalue weighted by Gasteiger charge is 2.47. The Balaban J connectivity index is 0.00000136. The number of ether oxygens (including phenoxy) is 1. The molecule has 2 aromatic heterocycles. The van der Waals surface area contributed by atoms with E-state index in [4.69, 9.17) is 4.74 Å². The third kappa shape index (κ3) is 3.88. The normalized spacial score (nSPS) is 22.0. The lowest BCUT2D eigenvalue weighted by molar-refractivity contribution is 0.0706. The number of amides is 1. The molecule has 2 saturated heterocycles. The van der Waals surface area contributed by atoms with Crippen LogP contribution in [-0.2, 0) is 0 Å². The predicted octanol–water partition coefficient (Wildman–Crippen LogP) is 3.84. The Bertz CT molecular complexity index is 1080. The first kappa shape index (κ1) is 23.4. The lowest BCUT2D eigenvalue weighted by Gasteiger charge is -2.28. The summed E-state index contributed by atoms with van der Waals surface area (Å²) in [5, 5.41) is 3.51. The van der Waals surface area contributed by atoms with Gasteiger partial charge < -0.3 is 15.0 Å². The van der Waals surface area contributed by atoms with Gasteiger partial charge in [0.25, 0.3) is 5.91 Å². The van der Waals surface area contributed by atoms with E-state index in [2.05, 4.69) is 27.3 Å². The van der Waals surface area contributed by atoms with Crippen LogP contribution in [0.5, 0.6) is 5.75 Å². The molecular formula is C23H28Cl2N4O2. The summed E-state index contributed by atoms with van der Waals surface area (Å²) < 4.78 is 7.25. The Hall–Kier alpha value is -2.28. The number of likely N-dealkylation sites (tertiary alicyclic amines) is 1. The third-order valence-corrected chi connectivity index (χ3v) is 6.44.